The van der Waals surface area contributed by atoms with E-state index in [-0.39, 0.29) is 23.6 Å². The third kappa shape index (κ3) is 4.13. The zero-order valence-electron chi connectivity index (χ0n) is 15.0. The zero-order chi connectivity index (χ0) is 19.9. The van der Waals surface area contributed by atoms with E-state index in [9.17, 15) is 8.42 Å². The number of fused-ring (bicyclic) bond motifs is 1. The van der Waals surface area contributed by atoms with Gasteiger partial charge in [0.1, 0.15) is 5.75 Å². The molecule has 0 aromatic heterocycles. The number of sulfone groups is 1. The smallest absolute Gasteiger partial charge is 0.164 e. The number of aliphatic imine (C=N–C) groups is 1. The van der Waals surface area contributed by atoms with Crippen LogP contribution in [0.4, 0.5) is 5.69 Å². The summed E-state index contributed by atoms with van der Waals surface area (Å²) < 4.78 is 29.5. The lowest BCUT2D eigenvalue weighted by atomic mass is 10.1. The molecule has 0 spiro atoms. The van der Waals surface area contributed by atoms with Crippen molar-refractivity contribution in [3.8, 4) is 5.75 Å². The Bertz CT molecular complexity index is 1010. The molecule has 2 aromatic carbocycles. The molecule has 9 heteroatoms. The van der Waals surface area contributed by atoms with Crippen molar-refractivity contribution in [1.82, 2.24) is 0 Å². The number of halogens is 2. The van der Waals surface area contributed by atoms with Crippen molar-refractivity contribution in [3.05, 3.63) is 58.1 Å². The van der Waals surface area contributed by atoms with Crippen molar-refractivity contribution in [2.24, 2.45) is 4.99 Å². The molecule has 0 bridgehead atoms. The number of hydrogen-bond donors (Lipinski definition) is 0. The predicted octanol–water partition coefficient (Wildman–Crippen LogP) is 4.28. The highest BCUT2D eigenvalue weighted by molar-refractivity contribution is 8.13. The summed E-state index contributed by atoms with van der Waals surface area (Å²) in [7, 11) is -1.47. The van der Waals surface area contributed by atoms with Gasteiger partial charge in [-0.05, 0) is 35.9 Å². The predicted molar refractivity (Wildman–Crippen MR) is 117 cm³/mol. The summed E-state index contributed by atoms with van der Waals surface area (Å²) >= 11 is 14.0. The monoisotopic (exact) mass is 456 g/mol. The van der Waals surface area contributed by atoms with Crippen molar-refractivity contribution in [1.29, 1.82) is 0 Å². The number of benzene rings is 2. The number of ether oxygens (including phenoxy) is 1. The van der Waals surface area contributed by atoms with Gasteiger partial charge in [-0.1, -0.05) is 47.1 Å². The second-order valence-electron chi connectivity index (χ2n) is 6.76. The van der Waals surface area contributed by atoms with Gasteiger partial charge in [-0.3, -0.25) is 4.99 Å². The van der Waals surface area contributed by atoms with E-state index in [0.717, 1.165) is 22.2 Å². The van der Waals surface area contributed by atoms with Crippen LogP contribution in [0.25, 0.3) is 0 Å². The third-order valence-corrected chi connectivity index (χ3v) is 7.93. The fourth-order valence-electron chi connectivity index (χ4n) is 3.48. The Morgan fingerprint density at radius 2 is 1.82 bits per heavy atom. The summed E-state index contributed by atoms with van der Waals surface area (Å²) in [6.07, 6.45) is 0. The van der Waals surface area contributed by atoms with Crippen LogP contribution < -0.4 is 9.64 Å². The number of anilines is 1. The minimum absolute atomic E-state index is 0.0784. The number of hydrogen-bond acceptors (Lipinski definition) is 6. The van der Waals surface area contributed by atoms with Gasteiger partial charge < -0.3 is 9.64 Å². The zero-order valence-corrected chi connectivity index (χ0v) is 18.2. The van der Waals surface area contributed by atoms with Gasteiger partial charge in [-0.2, -0.15) is 0 Å². The van der Waals surface area contributed by atoms with E-state index in [1.807, 2.05) is 29.2 Å². The van der Waals surface area contributed by atoms with Gasteiger partial charge in [0.05, 0.1) is 30.7 Å². The molecule has 2 atom stereocenters. The molecule has 0 radical (unpaired) electrons. The third-order valence-electron chi connectivity index (χ3n) is 4.76. The Balaban J connectivity index is 1.61. The SMILES string of the molecule is COc1ccc(CSC2=N[C@@H]3CS(=O)(=O)C[C@@H]3N2c2cc(Cl)cc(Cl)c2)cc1. The Kier molecular flexibility index (Phi) is 5.53. The van der Waals surface area contributed by atoms with Gasteiger partial charge in [-0.25, -0.2) is 8.42 Å². The molecule has 1 saturated heterocycles. The largest absolute Gasteiger partial charge is 0.497 e. The average Bonchev–Trinajstić information content (AvgIpc) is 3.10. The van der Waals surface area contributed by atoms with Crippen LogP contribution in [0, 0.1) is 0 Å². The number of methoxy groups -OCH3 is 1. The Morgan fingerprint density at radius 3 is 2.46 bits per heavy atom. The molecule has 0 unspecified atom stereocenters. The lowest BCUT2D eigenvalue weighted by molar-refractivity contribution is 0.414. The number of amidine groups is 1. The molecule has 0 N–H and O–H groups in total. The van der Waals surface area contributed by atoms with Gasteiger partial charge in [0.25, 0.3) is 0 Å². The summed E-state index contributed by atoms with van der Waals surface area (Å²) in [5.74, 6) is 1.68. The molecule has 0 aliphatic carbocycles. The van der Waals surface area contributed by atoms with Gasteiger partial charge >= 0.3 is 0 Å². The maximum Gasteiger partial charge on any atom is 0.164 e. The first-order valence-corrected chi connectivity index (χ1v) is 12.2. The molecule has 2 aromatic rings. The maximum absolute atomic E-state index is 12.1. The van der Waals surface area contributed by atoms with E-state index in [1.54, 1.807) is 37.1 Å². The number of thioether (sulfide) groups is 1. The normalized spacial score (nSPS) is 22.8. The summed E-state index contributed by atoms with van der Waals surface area (Å²) in [5, 5.41) is 1.80. The highest BCUT2D eigenvalue weighted by atomic mass is 35.5. The van der Waals surface area contributed by atoms with Crippen LogP contribution in [0.15, 0.2) is 47.5 Å². The summed E-state index contributed by atoms with van der Waals surface area (Å²) in [6.45, 7) is 0. The first-order valence-electron chi connectivity index (χ1n) is 8.64. The summed E-state index contributed by atoms with van der Waals surface area (Å²) in [5.41, 5.74) is 1.89. The van der Waals surface area contributed by atoms with Crippen LogP contribution in [-0.2, 0) is 15.6 Å². The van der Waals surface area contributed by atoms with Crippen molar-refractivity contribution >= 4 is 55.7 Å². The van der Waals surface area contributed by atoms with E-state index in [4.69, 9.17) is 32.9 Å². The molecule has 2 heterocycles. The van der Waals surface area contributed by atoms with Crippen LogP contribution in [0.2, 0.25) is 10.0 Å². The second kappa shape index (κ2) is 7.78. The van der Waals surface area contributed by atoms with E-state index < -0.39 is 9.84 Å². The van der Waals surface area contributed by atoms with Crippen molar-refractivity contribution in [2.75, 3.05) is 23.5 Å². The second-order valence-corrected chi connectivity index (χ2v) is 10.7. The van der Waals surface area contributed by atoms with E-state index in [0.29, 0.717) is 15.8 Å². The van der Waals surface area contributed by atoms with Gasteiger partial charge in [0.15, 0.2) is 15.0 Å². The summed E-state index contributed by atoms with van der Waals surface area (Å²) in [6, 6.07) is 12.6. The Hall–Kier alpha value is -1.41. The standard InChI is InChI=1S/C19H18Cl2N2O3S2/c1-26-16-4-2-12(3-5-16)9-27-19-22-17-10-28(24,25)11-18(17)23(19)15-7-13(20)6-14(21)8-15/h2-8,17-18H,9-11H2,1H3/t17-,18+/m1/s1. The first kappa shape index (κ1) is 19.9. The van der Waals surface area contributed by atoms with E-state index in [2.05, 4.69) is 0 Å². The molecule has 4 rings (SSSR count). The highest BCUT2D eigenvalue weighted by Crippen LogP contribution is 2.38. The lowest BCUT2D eigenvalue weighted by Gasteiger charge is -2.27. The van der Waals surface area contributed by atoms with Crippen LogP contribution in [-0.4, -0.2) is 44.3 Å². The fourth-order valence-corrected chi connectivity index (χ4v) is 6.92. The van der Waals surface area contributed by atoms with Crippen LogP contribution in [0.1, 0.15) is 5.56 Å². The number of nitrogens with zero attached hydrogens (tertiary/aromatic N) is 2. The quantitative estimate of drug-likeness (QED) is 0.686. The molecule has 28 heavy (non-hydrogen) atoms. The van der Waals surface area contributed by atoms with Gasteiger partial charge in [-0.15, -0.1) is 0 Å². The topological polar surface area (TPSA) is 59.0 Å². The van der Waals surface area contributed by atoms with Crippen LogP contribution >= 0.6 is 35.0 Å². The molecule has 0 saturated carbocycles. The molecule has 148 valence electrons. The fraction of sp³-hybridized carbons (Fsp3) is 0.316. The van der Waals surface area contributed by atoms with Crippen molar-refractivity contribution in [3.63, 3.8) is 0 Å². The van der Waals surface area contributed by atoms with Crippen molar-refractivity contribution < 1.29 is 13.2 Å². The Labute approximate surface area is 178 Å². The highest BCUT2D eigenvalue weighted by Gasteiger charge is 2.47. The Morgan fingerprint density at radius 1 is 1.14 bits per heavy atom. The molecule has 1 fully saturated rings. The first-order chi connectivity index (χ1) is 13.3. The summed E-state index contributed by atoms with van der Waals surface area (Å²) in [4.78, 5) is 6.70. The van der Waals surface area contributed by atoms with Gasteiger partial charge in [0, 0.05) is 21.5 Å². The van der Waals surface area contributed by atoms with Crippen LogP contribution in [0.3, 0.4) is 0 Å². The minimum Gasteiger partial charge on any atom is -0.497 e. The molecule has 2 aliphatic heterocycles. The van der Waals surface area contributed by atoms with E-state index >= 15 is 0 Å². The lowest BCUT2D eigenvalue weighted by Crippen LogP contribution is -2.39. The maximum atomic E-state index is 12.1. The van der Waals surface area contributed by atoms with Crippen molar-refractivity contribution in [2.45, 2.75) is 17.8 Å². The molecule has 5 nitrogen and oxygen atoms in total. The minimum atomic E-state index is -3.10. The van der Waals surface area contributed by atoms with Gasteiger partial charge in [0.2, 0.25) is 0 Å². The molecular formula is C19H18Cl2N2O3S2. The van der Waals surface area contributed by atoms with Crippen LogP contribution in [0.5, 0.6) is 5.75 Å². The average molecular weight is 457 g/mol. The number of rotatable bonds is 4. The molecule has 0 amide bonds. The molecular weight excluding hydrogens is 439 g/mol. The van der Waals surface area contributed by atoms with E-state index in [1.165, 1.54) is 0 Å². The molecule has 2 aliphatic rings.